The second kappa shape index (κ2) is 9.50. The number of anilines is 1. The van der Waals surface area contributed by atoms with E-state index in [2.05, 4.69) is 22.5 Å². The van der Waals surface area contributed by atoms with Gasteiger partial charge in [-0.05, 0) is 63.1 Å². The quantitative estimate of drug-likeness (QED) is 0.665. The fourth-order valence-corrected chi connectivity index (χ4v) is 5.06. The van der Waals surface area contributed by atoms with Crippen LogP contribution in [-0.2, 0) is 22.4 Å². The standard InChI is InChI=1S/C22H29N3O3S/c1-5-28-22(27)19-17-9-8-13(2)11-18(17)29-21(19)25-20(26)15(4)24-14(3)16-7-6-10-23-12-16/h6-7,10,12-15,24H,5,8-9,11H2,1-4H3,(H,25,26). The van der Waals surface area contributed by atoms with E-state index in [1.807, 2.05) is 26.0 Å². The van der Waals surface area contributed by atoms with Crippen molar-refractivity contribution in [2.75, 3.05) is 11.9 Å². The summed E-state index contributed by atoms with van der Waals surface area (Å²) in [4.78, 5) is 30.8. The van der Waals surface area contributed by atoms with Crippen molar-refractivity contribution in [2.24, 2.45) is 5.92 Å². The first-order chi connectivity index (χ1) is 13.9. The molecule has 2 aromatic rings. The molecule has 6 nitrogen and oxygen atoms in total. The van der Waals surface area contributed by atoms with Crippen LogP contribution >= 0.6 is 11.3 Å². The smallest absolute Gasteiger partial charge is 0.341 e. The minimum Gasteiger partial charge on any atom is -0.462 e. The average molecular weight is 416 g/mol. The molecule has 1 aliphatic rings. The normalized spacial score (nSPS) is 17.9. The number of hydrogen-bond donors (Lipinski definition) is 2. The van der Waals surface area contributed by atoms with Gasteiger partial charge in [0.05, 0.1) is 18.2 Å². The molecule has 1 aliphatic carbocycles. The van der Waals surface area contributed by atoms with Crippen LogP contribution in [0, 0.1) is 5.92 Å². The highest BCUT2D eigenvalue weighted by molar-refractivity contribution is 7.17. The van der Waals surface area contributed by atoms with Crippen LogP contribution in [0.3, 0.4) is 0 Å². The summed E-state index contributed by atoms with van der Waals surface area (Å²) >= 11 is 1.51. The summed E-state index contributed by atoms with van der Waals surface area (Å²) in [6, 6.07) is 3.40. The molecule has 2 N–H and O–H groups in total. The molecule has 0 bridgehead atoms. The van der Waals surface area contributed by atoms with Gasteiger partial charge in [0.25, 0.3) is 0 Å². The van der Waals surface area contributed by atoms with Crippen molar-refractivity contribution < 1.29 is 14.3 Å². The molecule has 0 aromatic carbocycles. The lowest BCUT2D eigenvalue weighted by atomic mass is 9.88. The largest absolute Gasteiger partial charge is 0.462 e. The van der Waals surface area contributed by atoms with E-state index in [1.165, 1.54) is 16.2 Å². The second-order valence-electron chi connectivity index (χ2n) is 7.66. The van der Waals surface area contributed by atoms with Gasteiger partial charge >= 0.3 is 5.97 Å². The summed E-state index contributed by atoms with van der Waals surface area (Å²) in [5.74, 6) is 0.0674. The molecule has 2 aromatic heterocycles. The minimum absolute atomic E-state index is 0.0219. The number of fused-ring (bicyclic) bond motifs is 1. The maximum absolute atomic E-state index is 12.9. The zero-order valence-electron chi connectivity index (χ0n) is 17.5. The molecule has 0 spiro atoms. The molecule has 0 radical (unpaired) electrons. The van der Waals surface area contributed by atoms with E-state index in [9.17, 15) is 9.59 Å². The van der Waals surface area contributed by atoms with Crippen LogP contribution in [0.4, 0.5) is 5.00 Å². The van der Waals surface area contributed by atoms with E-state index in [1.54, 1.807) is 19.3 Å². The fourth-order valence-electron chi connectivity index (χ4n) is 3.66. The molecule has 3 rings (SSSR count). The number of pyridine rings is 1. The van der Waals surface area contributed by atoms with Crippen molar-refractivity contribution >= 4 is 28.2 Å². The van der Waals surface area contributed by atoms with Crippen molar-refractivity contribution in [3.63, 3.8) is 0 Å². The zero-order valence-corrected chi connectivity index (χ0v) is 18.3. The van der Waals surface area contributed by atoms with Gasteiger partial charge in [-0.25, -0.2) is 4.79 Å². The maximum atomic E-state index is 12.9. The fraction of sp³-hybridized carbons (Fsp3) is 0.500. The first-order valence-corrected chi connectivity index (χ1v) is 11.0. The van der Waals surface area contributed by atoms with E-state index >= 15 is 0 Å². The Morgan fingerprint density at radius 1 is 1.38 bits per heavy atom. The monoisotopic (exact) mass is 415 g/mol. The second-order valence-corrected chi connectivity index (χ2v) is 8.77. The molecule has 0 fully saturated rings. The van der Waals surface area contributed by atoms with Crippen LogP contribution in [0.25, 0.3) is 0 Å². The molecule has 3 atom stereocenters. The summed E-state index contributed by atoms with van der Waals surface area (Å²) in [5, 5.41) is 6.88. The summed E-state index contributed by atoms with van der Waals surface area (Å²) in [7, 11) is 0. The van der Waals surface area contributed by atoms with Crippen molar-refractivity contribution in [1.29, 1.82) is 0 Å². The van der Waals surface area contributed by atoms with E-state index in [-0.39, 0.29) is 17.9 Å². The molecule has 7 heteroatoms. The number of carbonyl (C=O) groups excluding carboxylic acids is 2. The van der Waals surface area contributed by atoms with Gasteiger partial charge in [-0.1, -0.05) is 13.0 Å². The van der Waals surface area contributed by atoms with Crippen molar-refractivity contribution in [1.82, 2.24) is 10.3 Å². The summed E-state index contributed by atoms with van der Waals surface area (Å²) in [5.41, 5.74) is 2.60. The number of esters is 1. The highest BCUT2D eigenvalue weighted by atomic mass is 32.1. The van der Waals surface area contributed by atoms with Crippen molar-refractivity contribution in [3.05, 3.63) is 46.1 Å². The van der Waals surface area contributed by atoms with E-state index < -0.39 is 6.04 Å². The van der Waals surface area contributed by atoms with Gasteiger partial charge in [-0.2, -0.15) is 0 Å². The van der Waals surface area contributed by atoms with Gasteiger partial charge in [-0.3, -0.25) is 15.1 Å². The Balaban J connectivity index is 1.76. The minimum atomic E-state index is -0.432. The number of nitrogens with one attached hydrogen (secondary N) is 2. The number of amides is 1. The SMILES string of the molecule is CCOC(=O)c1c(NC(=O)C(C)NC(C)c2cccnc2)sc2c1CCC(C)C2. The molecule has 29 heavy (non-hydrogen) atoms. The Hall–Kier alpha value is -2.25. The maximum Gasteiger partial charge on any atom is 0.341 e. The third-order valence-electron chi connectivity index (χ3n) is 5.31. The molecule has 0 saturated carbocycles. The molecule has 1 amide bonds. The molecule has 2 heterocycles. The number of aromatic nitrogens is 1. The lowest BCUT2D eigenvalue weighted by Gasteiger charge is -2.20. The Labute approximate surface area is 176 Å². The Morgan fingerprint density at radius 3 is 2.86 bits per heavy atom. The van der Waals surface area contributed by atoms with Gasteiger partial charge in [0.15, 0.2) is 0 Å². The van der Waals surface area contributed by atoms with Gasteiger partial charge in [0, 0.05) is 23.3 Å². The van der Waals surface area contributed by atoms with Crippen LogP contribution in [0.5, 0.6) is 0 Å². The lowest BCUT2D eigenvalue weighted by Crippen LogP contribution is -2.39. The van der Waals surface area contributed by atoms with Crippen LogP contribution in [0.1, 0.15) is 66.5 Å². The molecule has 156 valence electrons. The van der Waals surface area contributed by atoms with Crippen LogP contribution in [0.15, 0.2) is 24.5 Å². The van der Waals surface area contributed by atoms with Crippen LogP contribution in [0.2, 0.25) is 0 Å². The predicted molar refractivity (Wildman–Crippen MR) is 115 cm³/mol. The number of rotatable bonds is 7. The molecule has 0 aliphatic heterocycles. The Morgan fingerprint density at radius 2 is 2.17 bits per heavy atom. The molecular weight excluding hydrogens is 386 g/mol. The first kappa shape index (κ1) is 21.5. The van der Waals surface area contributed by atoms with Gasteiger partial charge in [0.2, 0.25) is 5.91 Å². The van der Waals surface area contributed by atoms with Gasteiger partial charge in [-0.15, -0.1) is 11.3 Å². The van der Waals surface area contributed by atoms with Crippen LogP contribution in [-0.4, -0.2) is 29.5 Å². The highest BCUT2D eigenvalue weighted by Gasteiger charge is 2.30. The van der Waals surface area contributed by atoms with E-state index in [4.69, 9.17) is 4.74 Å². The molecule has 3 unspecified atom stereocenters. The van der Waals surface area contributed by atoms with Crippen LogP contribution < -0.4 is 10.6 Å². The van der Waals surface area contributed by atoms with Gasteiger partial charge < -0.3 is 10.1 Å². The third kappa shape index (κ3) is 5.03. The predicted octanol–water partition coefficient (Wildman–Crippen LogP) is 4.12. The molecule has 0 saturated heterocycles. The number of hydrogen-bond acceptors (Lipinski definition) is 6. The number of nitrogens with zero attached hydrogens (tertiary/aromatic N) is 1. The van der Waals surface area contributed by atoms with Crippen molar-refractivity contribution in [3.8, 4) is 0 Å². The summed E-state index contributed by atoms with van der Waals surface area (Å²) < 4.78 is 5.28. The lowest BCUT2D eigenvalue weighted by molar-refractivity contribution is -0.117. The van der Waals surface area contributed by atoms with Crippen molar-refractivity contribution in [2.45, 2.75) is 59.0 Å². The Kier molecular flexibility index (Phi) is 7.03. The topological polar surface area (TPSA) is 80.3 Å². The van der Waals surface area contributed by atoms with E-state index in [0.29, 0.717) is 23.1 Å². The molecular formula is C22H29N3O3S. The zero-order chi connectivity index (χ0) is 21.0. The van der Waals surface area contributed by atoms with Gasteiger partial charge in [0.1, 0.15) is 5.00 Å². The number of thiophene rings is 1. The third-order valence-corrected chi connectivity index (χ3v) is 6.48. The highest BCUT2D eigenvalue weighted by Crippen LogP contribution is 2.40. The number of ether oxygens (including phenoxy) is 1. The number of carbonyl (C=O) groups is 2. The Bertz CT molecular complexity index is 866. The summed E-state index contributed by atoms with van der Waals surface area (Å²) in [6.45, 7) is 8.14. The summed E-state index contributed by atoms with van der Waals surface area (Å²) in [6.07, 6.45) is 6.35. The van der Waals surface area contributed by atoms with E-state index in [0.717, 1.165) is 30.4 Å². The first-order valence-electron chi connectivity index (χ1n) is 10.2. The average Bonchev–Trinajstić information content (AvgIpc) is 3.05.